The number of benzene rings is 1. The minimum atomic E-state index is 0.0741. The highest BCUT2D eigenvalue weighted by Gasteiger charge is 2.14. The van der Waals surface area contributed by atoms with Gasteiger partial charge >= 0.3 is 0 Å². The first-order valence-corrected chi connectivity index (χ1v) is 8.36. The Morgan fingerprint density at radius 3 is 2.80 bits per heavy atom. The summed E-state index contributed by atoms with van der Waals surface area (Å²) in [5.74, 6) is 0.870. The van der Waals surface area contributed by atoms with Crippen LogP contribution in [0.4, 0.5) is 0 Å². The summed E-state index contributed by atoms with van der Waals surface area (Å²) in [5.41, 5.74) is 1.84. The number of thioether (sulfide) groups is 1. The van der Waals surface area contributed by atoms with Crippen LogP contribution in [0.3, 0.4) is 0 Å². The summed E-state index contributed by atoms with van der Waals surface area (Å²) in [6.45, 7) is 4.70. The third kappa shape index (κ3) is 3.61. The standard InChI is InChI=1S/C15H18N2OS2/c1-4-17(3)15(18)13-7-5-6-8-14(13)20-10-12-9-19-11(2)16-12/h5-9H,4,10H2,1-3H3. The van der Waals surface area contributed by atoms with Crippen molar-refractivity contribution in [3.63, 3.8) is 0 Å². The van der Waals surface area contributed by atoms with Crippen molar-refractivity contribution in [3.8, 4) is 0 Å². The summed E-state index contributed by atoms with van der Waals surface area (Å²) in [6.07, 6.45) is 0. The molecule has 0 N–H and O–H groups in total. The van der Waals surface area contributed by atoms with Crippen molar-refractivity contribution < 1.29 is 4.79 Å². The Morgan fingerprint density at radius 2 is 2.15 bits per heavy atom. The maximum atomic E-state index is 12.3. The highest BCUT2D eigenvalue weighted by atomic mass is 32.2. The zero-order chi connectivity index (χ0) is 14.5. The van der Waals surface area contributed by atoms with Gasteiger partial charge in [0.05, 0.1) is 16.3 Å². The van der Waals surface area contributed by atoms with Crippen LogP contribution >= 0.6 is 23.1 Å². The first kappa shape index (κ1) is 15.1. The number of aryl methyl sites for hydroxylation is 1. The van der Waals surface area contributed by atoms with Gasteiger partial charge in [-0.25, -0.2) is 4.98 Å². The van der Waals surface area contributed by atoms with E-state index in [0.29, 0.717) is 6.54 Å². The van der Waals surface area contributed by atoms with Gasteiger partial charge in [0, 0.05) is 29.6 Å². The molecule has 20 heavy (non-hydrogen) atoms. The summed E-state index contributed by atoms with van der Waals surface area (Å²) < 4.78 is 0. The van der Waals surface area contributed by atoms with E-state index in [1.54, 1.807) is 28.0 Å². The molecule has 0 saturated heterocycles. The minimum Gasteiger partial charge on any atom is -0.342 e. The third-order valence-electron chi connectivity index (χ3n) is 2.98. The molecule has 0 aliphatic carbocycles. The predicted octanol–water partition coefficient (Wildman–Crippen LogP) is 3.84. The van der Waals surface area contributed by atoms with E-state index >= 15 is 0 Å². The van der Waals surface area contributed by atoms with Crippen molar-refractivity contribution in [2.75, 3.05) is 13.6 Å². The van der Waals surface area contributed by atoms with Crippen LogP contribution in [0.15, 0.2) is 34.5 Å². The van der Waals surface area contributed by atoms with Crippen molar-refractivity contribution in [2.45, 2.75) is 24.5 Å². The molecule has 0 saturated carbocycles. The fourth-order valence-electron chi connectivity index (χ4n) is 1.74. The Balaban J connectivity index is 2.13. The normalized spacial score (nSPS) is 10.6. The third-order valence-corrected chi connectivity index (χ3v) is 4.91. The number of amides is 1. The molecule has 0 bridgehead atoms. The lowest BCUT2D eigenvalue weighted by Gasteiger charge is -2.16. The smallest absolute Gasteiger partial charge is 0.254 e. The number of carbonyl (C=O) groups is 1. The van der Waals surface area contributed by atoms with Gasteiger partial charge in [-0.05, 0) is 26.0 Å². The Labute approximate surface area is 128 Å². The SMILES string of the molecule is CCN(C)C(=O)c1ccccc1SCc1csc(C)n1. The summed E-state index contributed by atoms with van der Waals surface area (Å²) in [7, 11) is 1.83. The monoisotopic (exact) mass is 306 g/mol. The highest BCUT2D eigenvalue weighted by molar-refractivity contribution is 7.98. The van der Waals surface area contributed by atoms with Crippen LogP contribution in [0.1, 0.15) is 28.0 Å². The van der Waals surface area contributed by atoms with E-state index < -0.39 is 0 Å². The average Bonchev–Trinajstić information content (AvgIpc) is 2.89. The van der Waals surface area contributed by atoms with Gasteiger partial charge in [-0.3, -0.25) is 4.79 Å². The van der Waals surface area contributed by atoms with Gasteiger partial charge in [-0.1, -0.05) is 12.1 Å². The predicted molar refractivity (Wildman–Crippen MR) is 85.5 cm³/mol. The molecule has 2 rings (SSSR count). The molecule has 1 amide bonds. The molecule has 1 heterocycles. The van der Waals surface area contributed by atoms with Crippen LogP contribution in [-0.4, -0.2) is 29.4 Å². The number of aromatic nitrogens is 1. The number of carbonyl (C=O) groups excluding carboxylic acids is 1. The summed E-state index contributed by atoms with van der Waals surface area (Å²) in [4.78, 5) is 19.5. The summed E-state index contributed by atoms with van der Waals surface area (Å²) >= 11 is 3.33. The zero-order valence-electron chi connectivity index (χ0n) is 11.9. The Kier molecular flexibility index (Phi) is 5.20. The van der Waals surface area contributed by atoms with Gasteiger partial charge in [-0.2, -0.15) is 0 Å². The van der Waals surface area contributed by atoms with Crippen LogP contribution in [0, 0.1) is 6.92 Å². The van der Waals surface area contributed by atoms with E-state index in [4.69, 9.17) is 0 Å². The molecule has 5 heteroatoms. The van der Waals surface area contributed by atoms with E-state index in [0.717, 1.165) is 26.9 Å². The van der Waals surface area contributed by atoms with Gasteiger partial charge < -0.3 is 4.90 Å². The summed E-state index contributed by atoms with van der Waals surface area (Å²) in [6, 6.07) is 7.77. The van der Waals surface area contributed by atoms with Gasteiger partial charge in [0.15, 0.2) is 0 Å². The highest BCUT2D eigenvalue weighted by Crippen LogP contribution is 2.27. The maximum absolute atomic E-state index is 12.3. The van der Waals surface area contributed by atoms with Gasteiger partial charge in [0.25, 0.3) is 5.91 Å². The van der Waals surface area contributed by atoms with E-state index in [1.807, 2.05) is 45.2 Å². The molecular weight excluding hydrogens is 288 g/mol. The molecule has 0 unspecified atom stereocenters. The fourth-order valence-corrected chi connectivity index (χ4v) is 3.40. The average molecular weight is 306 g/mol. The lowest BCUT2D eigenvalue weighted by molar-refractivity contribution is 0.0799. The van der Waals surface area contributed by atoms with Crippen LogP contribution < -0.4 is 0 Å². The maximum Gasteiger partial charge on any atom is 0.254 e. The van der Waals surface area contributed by atoms with E-state index in [-0.39, 0.29) is 5.91 Å². The lowest BCUT2D eigenvalue weighted by Crippen LogP contribution is -2.26. The minimum absolute atomic E-state index is 0.0741. The molecule has 0 spiro atoms. The second-order valence-electron chi connectivity index (χ2n) is 4.46. The Morgan fingerprint density at radius 1 is 1.40 bits per heavy atom. The van der Waals surface area contributed by atoms with Crippen molar-refractivity contribution in [1.29, 1.82) is 0 Å². The fraction of sp³-hybridized carbons (Fsp3) is 0.333. The van der Waals surface area contributed by atoms with Crippen molar-refractivity contribution in [1.82, 2.24) is 9.88 Å². The van der Waals surface area contributed by atoms with Crippen molar-refractivity contribution in [3.05, 3.63) is 45.9 Å². The van der Waals surface area contributed by atoms with Crippen molar-refractivity contribution >= 4 is 29.0 Å². The molecule has 0 radical (unpaired) electrons. The molecule has 2 aromatic rings. The van der Waals surface area contributed by atoms with Gasteiger partial charge in [0.2, 0.25) is 0 Å². The molecule has 0 aliphatic heterocycles. The molecule has 0 atom stereocenters. The molecule has 106 valence electrons. The lowest BCUT2D eigenvalue weighted by atomic mass is 10.2. The largest absolute Gasteiger partial charge is 0.342 e. The molecule has 0 aliphatic rings. The molecule has 1 aromatic carbocycles. The van der Waals surface area contributed by atoms with Crippen LogP contribution in [-0.2, 0) is 5.75 Å². The molecule has 0 fully saturated rings. The van der Waals surface area contributed by atoms with E-state index in [2.05, 4.69) is 10.4 Å². The van der Waals surface area contributed by atoms with Crippen molar-refractivity contribution in [2.24, 2.45) is 0 Å². The number of rotatable bonds is 5. The molecule has 3 nitrogen and oxygen atoms in total. The van der Waals surface area contributed by atoms with E-state index in [1.165, 1.54) is 0 Å². The first-order chi connectivity index (χ1) is 9.61. The van der Waals surface area contributed by atoms with Crippen LogP contribution in [0.25, 0.3) is 0 Å². The van der Waals surface area contributed by atoms with E-state index in [9.17, 15) is 4.79 Å². The zero-order valence-corrected chi connectivity index (χ0v) is 13.6. The van der Waals surface area contributed by atoms with Gasteiger partial charge in [-0.15, -0.1) is 23.1 Å². The Hall–Kier alpha value is -1.33. The first-order valence-electron chi connectivity index (χ1n) is 6.50. The number of nitrogens with zero attached hydrogens (tertiary/aromatic N) is 2. The van der Waals surface area contributed by atoms with Crippen LogP contribution in [0.2, 0.25) is 0 Å². The number of hydrogen-bond acceptors (Lipinski definition) is 4. The second kappa shape index (κ2) is 6.90. The quantitative estimate of drug-likeness (QED) is 0.787. The van der Waals surface area contributed by atoms with Crippen LogP contribution in [0.5, 0.6) is 0 Å². The number of thiazole rings is 1. The topological polar surface area (TPSA) is 33.2 Å². The molecule has 1 aromatic heterocycles. The number of hydrogen-bond donors (Lipinski definition) is 0. The Bertz CT molecular complexity index is 595. The second-order valence-corrected chi connectivity index (χ2v) is 6.54. The summed E-state index contributed by atoms with van der Waals surface area (Å²) in [5, 5.41) is 3.15. The van der Waals surface area contributed by atoms with Gasteiger partial charge in [0.1, 0.15) is 0 Å². The molecular formula is C15H18N2OS2.